The van der Waals surface area contributed by atoms with E-state index in [4.69, 9.17) is 10.1 Å². The SMILES string of the molecule is CCOn1cc(C)nc1-c1cccc(C#N)c1. The lowest BCUT2D eigenvalue weighted by Crippen LogP contribution is -2.10. The van der Waals surface area contributed by atoms with E-state index in [1.807, 2.05) is 32.2 Å². The number of nitriles is 1. The number of rotatable bonds is 3. The van der Waals surface area contributed by atoms with E-state index in [0.29, 0.717) is 12.2 Å². The first-order valence-electron chi connectivity index (χ1n) is 5.44. The third kappa shape index (κ3) is 2.28. The zero-order valence-corrected chi connectivity index (χ0v) is 9.84. The number of imidazole rings is 1. The van der Waals surface area contributed by atoms with Crippen LogP contribution in [0.25, 0.3) is 11.4 Å². The van der Waals surface area contributed by atoms with Gasteiger partial charge in [-0.05, 0) is 26.0 Å². The van der Waals surface area contributed by atoms with Crippen molar-refractivity contribution in [1.29, 1.82) is 5.26 Å². The van der Waals surface area contributed by atoms with E-state index in [2.05, 4.69) is 11.1 Å². The highest BCUT2D eigenvalue weighted by Crippen LogP contribution is 2.19. The van der Waals surface area contributed by atoms with Gasteiger partial charge in [-0.3, -0.25) is 0 Å². The second-order valence-corrected chi connectivity index (χ2v) is 3.64. The largest absolute Gasteiger partial charge is 0.413 e. The first kappa shape index (κ1) is 11.2. The monoisotopic (exact) mass is 227 g/mol. The van der Waals surface area contributed by atoms with Crippen LogP contribution in [0.5, 0.6) is 0 Å². The molecule has 0 spiro atoms. The summed E-state index contributed by atoms with van der Waals surface area (Å²) in [6.45, 7) is 4.40. The third-order valence-corrected chi connectivity index (χ3v) is 2.31. The van der Waals surface area contributed by atoms with Crippen LogP contribution in [0.3, 0.4) is 0 Å². The first-order chi connectivity index (χ1) is 8.24. The summed E-state index contributed by atoms with van der Waals surface area (Å²) in [5.74, 6) is 0.724. The van der Waals surface area contributed by atoms with E-state index >= 15 is 0 Å². The summed E-state index contributed by atoms with van der Waals surface area (Å²) in [6.07, 6.45) is 1.83. The van der Waals surface area contributed by atoms with Gasteiger partial charge in [-0.1, -0.05) is 12.1 Å². The molecule has 0 saturated heterocycles. The molecule has 4 heteroatoms. The maximum absolute atomic E-state index is 8.88. The van der Waals surface area contributed by atoms with Crippen molar-refractivity contribution in [3.8, 4) is 17.5 Å². The Labute approximate surface area is 100 Å². The zero-order valence-electron chi connectivity index (χ0n) is 9.84. The van der Waals surface area contributed by atoms with E-state index in [9.17, 15) is 0 Å². The predicted octanol–water partition coefficient (Wildman–Crippen LogP) is 2.18. The summed E-state index contributed by atoms with van der Waals surface area (Å²) >= 11 is 0. The highest BCUT2D eigenvalue weighted by molar-refractivity contribution is 5.58. The zero-order chi connectivity index (χ0) is 12.3. The van der Waals surface area contributed by atoms with Gasteiger partial charge in [0.1, 0.15) is 6.61 Å². The fourth-order valence-electron chi connectivity index (χ4n) is 1.63. The highest BCUT2D eigenvalue weighted by atomic mass is 16.7. The van der Waals surface area contributed by atoms with E-state index in [0.717, 1.165) is 17.1 Å². The lowest BCUT2D eigenvalue weighted by atomic mass is 10.1. The Morgan fingerprint density at radius 2 is 2.29 bits per heavy atom. The maximum Gasteiger partial charge on any atom is 0.175 e. The molecule has 0 bridgehead atoms. The van der Waals surface area contributed by atoms with Gasteiger partial charge in [-0.15, -0.1) is 0 Å². The summed E-state index contributed by atoms with van der Waals surface area (Å²) in [5, 5.41) is 8.88. The van der Waals surface area contributed by atoms with Crippen LogP contribution in [0.2, 0.25) is 0 Å². The van der Waals surface area contributed by atoms with Gasteiger partial charge in [-0.2, -0.15) is 9.99 Å². The Bertz CT molecular complexity index is 566. The minimum atomic E-state index is 0.570. The van der Waals surface area contributed by atoms with Gasteiger partial charge in [0.2, 0.25) is 0 Å². The molecule has 0 aliphatic rings. The smallest absolute Gasteiger partial charge is 0.175 e. The molecular formula is C13H13N3O. The summed E-state index contributed by atoms with van der Waals surface area (Å²) in [5.41, 5.74) is 2.38. The summed E-state index contributed by atoms with van der Waals surface area (Å²) in [7, 11) is 0. The lowest BCUT2D eigenvalue weighted by Gasteiger charge is -2.07. The second-order valence-electron chi connectivity index (χ2n) is 3.64. The van der Waals surface area contributed by atoms with Gasteiger partial charge >= 0.3 is 0 Å². The molecule has 2 rings (SSSR count). The fraction of sp³-hybridized carbons (Fsp3) is 0.231. The number of aryl methyl sites for hydroxylation is 1. The molecule has 0 atom stereocenters. The molecule has 0 saturated carbocycles. The van der Waals surface area contributed by atoms with Crippen molar-refractivity contribution in [2.75, 3.05) is 6.61 Å². The molecule has 1 aromatic heterocycles. The van der Waals surface area contributed by atoms with Crippen LogP contribution in [0.15, 0.2) is 30.5 Å². The van der Waals surface area contributed by atoms with Crippen LogP contribution in [0.1, 0.15) is 18.2 Å². The molecule has 0 unspecified atom stereocenters. The Morgan fingerprint density at radius 3 is 3.00 bits per heavy atom. The maximum atomic E-state index is 8.88. The molecule has 0 aliphatic heterocycles. The molecule has 1 aromatic carbocycles. The van der Waals surface area contributed by atoms with Crippen molar-refractivity contribution in [3.05, 3.63) is 41.7 Å². The Morgan fingerprint density at radius 1 is 1.47 bits per heavy atom. The fourth-order valence-corrected chi connectivity index (χ4v) is 1.63. The summed E-state index contributed by atoms with van der Waals surface area (Å²) in [4.78, 5) is 9.86. The Kier molecular flexibility index (Phi) is 3.10. The molecule has 0 fully saturated rings. The molecule has 1 heterocycles. The average Bonchev–Trinajstić information content (AvgIpc) is 2.71. The molecule has 86 valence electrons. The Hall–Kier alpha value is -2.28. The highest BCUT2D eigenvalue weighted by Gasteiger charge is 2.09. The molecule has 4 nitrogen and oxygen atoms in total. The van der Waals surface area contributed by atoms with Crippen molar-refractivity contribution < 1.29 is 4.84 Å². The van der Waals surface area contributed by atoms with Crippen molar-refractivity contribution in [2.24, 2.45) is 0 Å². The van der Waals surface area contributed by atoms with E-state index < -0.39 is 0 Å². The minimum absolute atomic E-state index is 0.570. The van der Waals surface area contributed by atoms with E-state index in [-0.39, 0.29) is 0 Å². The number of nitrogens with zero attached hydrogens (tertiary/aromatic N) is 3. The average molecular weight is 227 g/mol. The van der Waals surface area contributed by atoms with Crippen molar-refractivity contribution in [2.45, 2.75) is 13.8 Å². The number of benzene rings is 1. The van der Waals surface area contributed by atoms with Crippen LogP contribution in [-0.4, -0.2) is 16.3 Å². The second kappa shape index (κ2) is 4.71. The normalized spacial score (nSPS) is 9.94. The Balaban J connectivity index is 2.48. The van der Waals surface area contributed by atoms with Crippen LogP contribution in [0.4, 0.5) is 0 Å². The van der Waals surface area contributed by atoms with Gasteiger partial charge < -0.3 is 4.84 Å². The molecule has 17 heavy (non-hydrogen) atoms. The van der Waals surface area contributed by atoms with Crippen LogP contribution in [-0.2, 0) is 0 Å². The molecule has 0 N–H and O–H groups in total. The van der Waals surface area contributed by atoms with Crippen molar-refractivity contribution in [3.63, 3.8) is 0 Å². The van der Waals surface area contributed by atoms with Gasteiger partial charge in [-0.25, -0.2) is 4.98 Å². The van der Waals surface area contributed by atoms with Crippen LogP contribution >= 0.6 is 0 Å². The molecular weight excluding hydrogens is 214 g/mol. The lowest BCUT2D eigenvalue weighted by molar-refractivity contribution is 0.125. The van der Waals surface area contributed by atoms with Gasteiger partial charge in [0.25, 0.3) is 0 Å². The molecule has 2 aromatic rings. The predicted molar refractivity (Wildman–Crippen MR) is 64.2 cm³/mol. The standard InChI is InChI=1S/C13H13N3O/c1-3-17-16-9-10(2)15-13(16)12-6-4-5-11(7-12)8-14/h4-7,9H,3H2,1-2H3. The van der Waals surface area contributed by atoms with Gasteiger partial charge in [0.15, 0.2) is 5.82 Å². The van der Waals surface area contributed by atoms with Crippen molar-refractivity contribution in [1.82, 2.24) is 9.71 Å². The molecule has 0 aliphatic carbocycles. The van der Waals surface area contributed by atoms with E-state index in [1.165, 1.54) is 0 Å². The molecule has 0 radical (unpaired) electrons. The van der Waals surface area contributed by atoms with E-state index in [1.54, 1.807) is 16.9 Å². The first-order valence-corrected chi connectivity index (χ1v) is 5.44. The van der Waals surface area contributed by atoms with Gasteiger partial charge in [0.05, 0.1) is 23.5 Å². The van der Waals surface area contributed by atoms with Crippen molar-refractivity contribution >= 4 is 0 Å². The summed E-state index contributed by atoms with van der Waals surface area (Å²) < 4.78 is 1.64. The summed E-state index contributed by atoms with van der Waals surface area (Å²) in [6, 6.07) is 9.44. The number of hydrogen-bond acceptors (Lipinski definition) is 3. The molecule has 0 amide bonds. The topological polar surface area (TPSA) is 50.8 Å². The van der Waals surface area contributed by atoms with Crippen LogP contribution < -0.4 is 4.84 Å². The van der Waals surface area contributed by atoms with Crippen LogP contribution in [0, 0.1) is 18.3 Å². The third-order valence-electron chi connectivity index (χ3n) is 2.31. The minimum Gasteiger partial charge on any atom is -0.413 e. The number of aromatic nitrogens is 2. The van der Waals surface area contributed by atoms with Gasteiger partial charge in [0, 0.05) is 5.56 Å². The quantitative estimate of drug-likeness (QED) is 0.807. The number of hydrogen-bond donors (Lipinski definition) is 0.